The zero-order valence-corrected chi connectivity index (χ0v) is 24.1. The summed E-state index contributed by atoms with van der Waals surface area (Å²) >= 11 is 0. The Labute approximate surface area is 251 Å². The first-order valence-electron chi connectivity index (χ1n) is 14.3. The lowest BCUT2D eigenvalue weighted by atomic mass is 9.89. The molecule has 0 aliphatic carbocycles. The van der Waals surface area contributed by atoms with Crippen LogP contribution in [0.5, 0.6) is 0 Å². The molecule has 8 nitrogen and oxygen atoms in total. The highest BCUT2D eigenvalue weighted by Gasteiger charge is 2.31. The predicted molar refractivity (Wildman–Crippen MR) is 166 cm³/mol. The summed E-state index contributed by atoms with van der Waals surface area (Å²) in [4.78, 5) is 52.3. The van der Waals surface area contributed by atoms with Gasteiger partial charge in [0, 0.05) is 12.3 Å². The Morgan fingerprint density at radius 2 is 1.30 bits per heavy atom. The second-order valence-corrected chi connectivity index (χ2v) is 10.9. The molecule has 0 bridgehead atoms. The number of Topliss-reactive ketones (excluding diaryl/α,β-unsaturated/α-hetero) is 1. The van der Waals surface area contributed by atoms with E-state index in [9.17, 15) is 24.3 Å². The topological polar surface area (TPSA) is 139 Å². The van der Waals surface area contributed by atoms with E-state index in [4.69, 9.17) is 5.73 Å². The number of fused-ring (bicyclic) bond motifs is 1. The number of rotatable bonds is 14. The van der Waals surface area contributed by atoms with Crippen molar-refractivity contribution in [3.8, 4) is 0 Å². The van der Waals surface area contributed by atoms with Gasteiger partial charge in [0.1, 0.15) is 6.04 Å². The van der Waals surface area contributed by atoms with Crippen molar-refractivity contribution >= 4 is 34.3 Å². The average Bonchev–Trinajstić information content (AvgIpc) is 2.99. The number of nitrogens with one attached hydrogen (secondary N) is 2. The van der Waals surface area contributed by atoms with Gasteiger partial charge in [0.25, 0.3) is 0 Å². The summed E-state index contributed by atoms with van der Waals surface area (Å²) in [6.45, 7) is 1.36. The number of nitrogens with two attached hydrogens (primary N) is 1. The first kappa shape index (κ1) is 31.1. The highest BCUT2D eigenvalue weighted by molar-refractivity contribution is 5.94. The van der Waals surface area contributed by atoms with Crippen LogP contribution in [0.2, 0.25) is 0 Å². The number of carbonyl (C=O) groups is 4. The number of amides is 3. The van der Waals surface area contributed by atoms with Crippen LogP contribution in [-0.2, 0) is 38.4 Å². The maximum absolute atomic E-state index is 13.8. The van der Waals surface area contributed by atoms with Crippen LogP contribution in [-0.4, -0.2) is 46.8 Å². The molecule has 4 atom stereocenters. The van der Waals surface area contributed by atoms with Crippen molar-refractivity contribution in [3.63, 3.8) is 0 Å². The second-order valence-electron chi connectivity index (χ2n) is 10.9. The molecule has 0 saturated heterocycles. The molecule has 0 fully saturated rings. The molecular weight excluding hydrogens is 542 g/mol. The van der Waals surface area contributed by atoms with Crippen LogP contribution in [0.4, 0.5) is 0 Å². The molecule has 0 spiro atoms. The molecule has 0 heterocycles. The summed E-state index contributed by atoms with van der Waals surface area (Å²) in [6, 6.07) is 30.1. The van der Waals surface area contributed by atoms with Gasteiger partial charge in [0.2, 0.25) is 17.7 Å². The summed E-state index contributed by atoms with van der Waals surface area (Å²) in [5.74, 6) is -2.96. The standard InChI is InChI=1S/C35H37N3O5/c1-23(39)33(34(36)42)38-35(43)29(18-24-10-4-2-5-11-24)22-31(40)30(20-25-12-6-3-7-13-25)37-32(41)21-26-16-17-27-14-8-9-15-28(27)19-26/h2-17,19,23,29-30,33,39H,18,20-22H2,1H3,(H2,36,42)(H,37,41)(H,38,43). The molecule has 0 radical (unpaired) electrons. The number of ketones is 1. The van der Waals surface area contributed by atoms with Crippen LogP contribution < -0.4 is 16.4 Å². The van der Waals surface area contributed by atoms with Crippen molar-refractivity contribution < 1.29 is 24.3 Å². The van der Waals surface area contributed by atoms with E-state index in [2.05, 4.69) is 10.6 Å². The Balaban J connectivity index is 1.54. The van der Waals surface area contributed by atoms with Gasteiger partial charge < -0.3 is 21.5 Å². The second kappa shape index (κ2) is 14.9. The molecule has 5 N–H and O–H groups in total. The maximum atomic E-state index is 13.8. The molecule has 4 unspecified atom stereocenters. The molecule has 0 aromatic heterocycles. The van der Waals surface area contributed by atoms with Crippen molar-refractivity contribution in [2.45, 2.75) is 50.8 Å². The third-order valence-electron chi connectivity index (χ3n) is 7.42. The number of benzene rings is 4. The summed E-state index contributed by atoms with van der Waals surface area (Å²) in [7, 11) is 0. The van der Waals surface area contributed by atoms with Gasteiger partial charge in [-0.15, -0.1) is 0 Å². The number of hydrogen-bond acceptors (Lipinski definition) is 5. The third kappa shape index (κ3) is 9.08. The zero-order valence-electron chi connectivity index (χ0n) is 24.1. The Hall–Kier alpha value is -4.82. The fourth-order valence-corrected chi connectivity index (χ4v) is 5.12. The number of primary amides is 1. The SMILES string of the molecule is CC(O)C(NC(=O)C(CC(=O)C(Cc1ccccc1)NC(=O)Cc1ccc2ccccc2c1)Cc1ccccc1)C(N)=O. The molecule has 4 aromatic carbocycles. The average molecular weight is 580 g/mol. The van der Waals surface area contributed by atoms with Gasteiger partial charge in [-0.05, 0) is 47.2 Å². The van der Waals surface area contributed by atoms with E-state index in [1.807, 2.05) is 103 Å². The summed E-state index contributed by atoms with van der Waals surface area (Å²) in [5.41, 5.74) is 7.90. The monoisotopic (exact) mass is 579 g/mol. The zero-order chi connectivity index (χ0) is 30.8. The minimum atomic E-state index is -1.30. The van der Waals surface area contributed by atoms with Crippen LogP contribution in [0.1, 0.15) is 30.0 Å². The Kier molecular flexibility index (Phi) is 10.8. The largest absolute Gasteiger partial charge is 0.391 e. The molecule has 3 amide bonds. The van der Waals surface area contributed by atoms with Crippen molar-refractivity contribution in [1.82, 2.24) is 10.6 Å². The van der Waals surface area contributed by atoms with Crippen LogP contribution >= 0.6 is 0 Å². The van der Waals surface area contributed by atoms with Crippen molar-refractivity contribution in [1.29, 1.82) is 0 Å². The van der Waals surface area contributed by atoms with Crippen molar-refractivity contribution in [2.24, 2.45) is 11.7 Å². The van der Waals surface area contributed by atoms with Crippen LogP contribution in [0, 0.1) is 5.92 Å². The number of carbonyl (C=O) groups excluding carboxylic acids is 4. The minimum Gasteiger partial charge on any atom is -0.391 e. The van der Waals surface area contributed by atoms with Gasteiger partial charge in [0.05, 0.1) is 18.6 Å². The molecule has 4 aromatic rings. The lowest BCUT2D eigenvalue weighted by Crippen LogP contribution is -2.53. The number of aliphatic hydroxyl groups excluding tert-OH is 1. The Bertz CT molecular complexity index is 1560. The summed E-state index contributed by atoms with van der Waals surface area (Å²) < 4.78 is 0. The van der Waals surface area contributed by atoms with Gasteiger partial charge >= 0.3 is 0 Å². The van der Waals surface area contributed by atoms with Gasteiger partial charge in [-0.25, -0.2) is 0 Å². The van der Waals surface area contributed by atoms with Gasteiger partial charge in [-0.1, -0.05) is 103 Å². The molecule has 0 aliphatic heterocycles. The van der Waals surface area contributed by atoms with E-state index >= 15 is 0 Å². The summed E-state index contributed by atoms with van der Waals surface area (Å²) in [5, 5.41) is 17.5. The lowest BCUT2D eigenvalue weighted by molar-refractivity contribution is -0.134. The van der Waals surface area contributed by atoms with E-state index in [1.54, 1.807) is 0 Å². The van der Waals surface area contributed by atoms with Crippen molar-refractivity contribution in [3.05, 3.63) is 120 Å². The molecule has 0 aliphatic rings. The van der Waals surface area contributed by atoms with E-state index in [0.29, 0.717) is 0 Å². The highest BCUT2D eigenvalue weighted by Crippen LogP contribution is 2.18. The number of aliphatic hydroxyl groups is 1. The van der Waals surface area contributed by atoms with E-state index in [1.165, 1.54) is 6.92 Å². The van der Waals surface area contributed by atoms with Gasteiger partial charge in [0.15, 0.2) is 5.78 Å². The quantitative estimate of drug-likeness (QED) is 0.182. The number of hydrogen-bond donors (Lipinski definition) is 4. The molecule has 4 rings (SSSR count). The minimum absolute atomic E-state index is 0.0893. The highest BCUT2D eigenvalue weighted by atomic mass is 16.3. The Morgan fingerprint density at radius 1 is 0.721 bits per heavy atom. The van der Waals surface area contributed by atoms with E-state index in [0.717, 1.165) is 27.5 Å². The first-order valence-corrected chi connectivity index (χ1v) is 14.3. The smallest absolute Gasteiger partial charge is 0.242 e. The van der Waals surface area contributed by atoms with Crippen LogP contribution in [0.15, 0.2) is 103 Å². The first-order chi connectivity index (χ1) is 20.7. The molecule has 43 heavy (non-hydrogen) atoms. The van der Waals surface area contributed by atoms with Gasteiger partial charge in [-0.3, -0.25) is 19.2 Å². The molecular formula is C35H37N3O5. The predicted octanol–water partition coefficient (Wildman–Crippen LogP) is 3.28. The molecule has 8 heteroatoms. The molecule has 222 valence electrons. The summed E-state index contributed by atoms with van der Waals surface area (Å²) in [6.07, 6.45) is -0.853. The lowest BCUT2D eigenvalue weighted by Gasteiger charge is -2.24. The van der Waals surface area contributed by atoms with E-state index in [-0.39, 0.29) is 37.4 Å². The van der Waals surface area contributed by atoms with Crippen LogP contribution in [0.25, 0.3) is 10.8 Å². The fraction of sp³-hybridized carbons (Fsp3) is 0.257. The van der Waals surface area contributed by atoms with Gasteiger partial charge in [-0.2, -0.15) is 0 Å². The normalized spacial score (nSPS) is 13.8. The third-order valence-corrected chi connectivity index (χ3v) is 7.42. The van der Waals surface area contributed by atoms with E-state index < -0.39 is 35.9 Å². The van der Waals surface area contributed by atoms with Crippen LogP contribution in [0.3, 0.4) is 0 Å². The fourth-order valence-electron chi connectivity index (χ4n) is 5.12. The maximum Gasteiger partial charge on any atom is 0.242 e. The Morgan fingerprint density at radius 3 is 1.91 bits per heavy atom. The van der Waals surface area contributed by atoms with Crippen molar-refractivity contribution in [2.75, 3.05) is 0 Å². The molecule has 0 saturated carbocycles.